The number of aliphatic hydroxyl groups is 1. The van der Waals surface area contributed by atoms with Crippen LogP contribution in [-0.2, 0) is 25.6 Å². The van der Waals surface area contributed by atoms with Crippen LogP contribution in [0.5, 0.6) is 0 Å². The molecule has 1 unspecified atom stereocenters. The van der Waals surface area contributed by atoms with E-state index >= 15 is 0 Å². The van der Waals surface area contributed by atoms with Crippen molar-refractivity contribution >= 4 is 24.0 Å². The van der Waals surface area contributed by atoms with E-state index < -0.39 is 53.0 Å². The lowest BCUT2D eigenvalue weighted by Crippen LogP contribution is -2.58. The summed E-state index contributed by atoms with van der Waals surface area (Å²) < 4.78 is 9.35. The lowest BCUT2D eigenvalue weighted by molar-refractivity contribution is -0.132. The van der Waals surface area contributed by atoms with Crippen LogP contribution < -0.4 is 21.4 Å². The number of hydrogen-bond acceptors (Lipinski definition) is 9. The first kappa shape index (κ1) is 42.2. The van der Waals surface area contributed by atoms with Gasteiger partial charge >= 0.3 is 12.2 Å². The van der Waals surface area contributed by atoms with Gasteiger partial charge in [0.15, 0.2) is 0 Å². The summed E-state index contributed by atoms with van der Waals surface area (Å²) in [4.78, 5) is 54.5. The molecule has 2 aromatic carbocycles. The summed E-state index contributed by atoms with van der Waals surface area (Å²) in [6.45, 7) is 12.8. The van der Waals surface area contributed by atoms with Gasteiger partial charge in [-0.15, -0.1) is 0 Å². The molecule has 0 saturated carbocycles. The molecular formula is C38H54N6O7. The highest BCUT2D eigenvalue weighted by atomic mass is 16.5. The fourth-order valence-corrected chi connectivity index (χ4v) is 4.78. The third kappa shape index (κ3) is 15.2. The number of carbonyl (C=O) groups is 4. The van der Waals surface area contributed by atoms with Crippen LogP contribution in [0.25, 0.3) is 11.3 Å². The van der Waals surface area contributed by atoms with Crippen molar-refractivity contribution in [3.8, 4) is 11.3 Å². The number of amides is 4. The average Bonchev–Trinajstić information content (AvgIpc) is 3.08. The SMILES string of the molecule is COC(=O)NC(C(=O)NC[C@@H](O)CN(Cc1ccc(-c2ccccn2)cc1)NC(=O)[C@@H](NC(=O)OC)C(C)(C)C)C(C)(C)C.Cc1ccccc1. The Morgan fingerprint density at radius 1 is 0.765 bits per heavy atom. The maximum Gasteiger partial charge on any atom is 0.407 e. The molecule has 0 aliphatic heterocycles. The molecule has 0 fully saturated rings. The normalized spacial score (nSPS) is 13.0. The van der Waals surface area contributed by atoms with Crippen molar-refractivity contribution in [1.29, 1.82) is 0 Å². The fraction of sp³-hybridized carbons (Fsp3) is 0.447. The van der Waals surface area contributed by atoms with Crippen LogP contribution in [0.2, 0.25) is 0 Å². The number of aromatic nitrogens is 1. The number of ether oxygens (including phenoxy) is 2. The molecule has 3 atom stereocenters. The second-order valence-electron chi connectivity index (χ2n) is 14.2. The van der Waals surface area contributed by atoms with Crippen LogP contribution in [0.4, 0.5) is 9.59 Å². The predicted molar refractivity (Wildman–Crippen MR) is 196 cm³/mol. The summed E-state index contributed by atoms with van der Waals surface area (Å²) in [6, 6.07) is 21.6. The summed E-state index contributed by atoms with van der Waals surface area (Å²) >= 11 is 0. The van der Waals surface area contributed by atoms with Crippen LogP contribution in [0.15, 0.2) is 79.0 Å². The molecule has 1 heterocycles. The van der Waals surface area contributed by atoms with E-state index in [1.807, 2.05) is 60.7 Å². The van der Waals surface area contributed by atoms with Gasteiger partial charge in [0.25, 0.3) is 5.91 Å². The second kappa shape index (κ2) is 20.0. The minimum atomic E-state index is -1.12. The van der Waals surface area contributed by atoms with Crippen LogP contribution >= 0.6 is 0 Å². The minimum Gasteiger partial charge on any atom is -0.453 e. The Bertz CT molecular complexity index is 1520. The summed E-state index contributed by atoms with van der Waals surface area (Å²) in [6.07, 6.45) is -0.914. The van der Waals surface area contributed by atoms with Gasteiger partial charge in [0, 0.05) is 31.4 Å². The molecule has 1 aromatic heterocycles. The monoisotopic (exact) mass is 706 g/mol. The molecule has 51 heavy (non-hydrogen) atoms. The van der Waals surface area contributed by atoms with E-state index in [0.29, 0.717) is 0 Å². The van der Waals surface area contributed by atoms with Gasteiger partial charge in [-0.3, -0.25) is 20.0 Å². The van der Waals surface area contributed by atoms with Gasteiger partial charge in [0.1, 0.15) is 12.1 Å². The van der Waals surface area contributed by atoms with Gasteiger partial charge in [-0.05, 0) is 35.4 Å². The summed E-state index contributed by atoms with van der Waals surface area (Å²) in [5.41, 5.74) is 5.37. The molecular weight excluding hydrogens is 652 g/mol. The van der Waals surface area contributed by atoms with Gasteiger partial charge in [0.05, 0.1) is 26.0 Å². The number of nitrogens with zero attached hydrogens (tertiary/aromatic N) is 2. The highest BCUT2D eigenvalue weighted by molar-refractivity contribution is 5.87. The first-order chi connectivity index (χ1) is 23.9. The number of hydrazine groups is 1. The number of pyridine rings is 1. The number of aryl methyl sites for hydroxylation is 1. The molecule has 0 aliphatic carbocycles. The maximum atomic E-state index is 13.4. The lowest BCUT2D eigenvalue weighted by atomic mass is 9.86. The van der Waals surface area contributed by atoms with Crippen molar-refractivity contribution in [1.82, 2.24) is 31.4 Å². The molecule has 0 aliphatic rings. The standard InChI is InChI=1S/C31H46N6O7.C7H8/c1-30(2,3)24(34-28(41)43-7)26(39)33-17-22(38)19-37(36-27(40)25(31(4,5)6)35-29(42)44-8)18-20-12-14-21(15-13-20)23-11-9-10-16-32-23;1-7-5-3-2-4-6-7/h9-16,22,24-25,38H,17-19H2,1-8H3,(H,33,39)(H,34,41)(H,35,42)(H,36,40);2-6H,1H3/t22-,24?,25-;/m1./s1. The van der Waals surface area contributed by atoms with Gasteiger partial charge in [-0.25, -0.2) is 14.6 Å². The Hall–Kier alpha value is -5.01. The van der Waals surface area contributed by atoms with Crippen molar-refractivity contribution in [3.05, 3.63) is 90.1 Å². The van der Waals surface area contributed by atoms with Gasteiger partial charge < -0.3 is 30.5 Å². The molecule has 3 aromatic rings. The Balaban J connectivity index is 0.00000114. The lowest BCUT2D eigenvalue weighted by Gasteiger charge is -2.33. The highest BCUT2D eigenvalue weighted by Crippen LogP contribution is 2.22. The molecule has 0 radical (unpaired) electrons. The van der Waals surface area contributed by atoms with E-state index in [1.165, 1.54) is 24.8 Å². The molecule has 13 nitrogen and oxygen atoms in total. The van der Waals surface area contributed by atoms with Crippen molar-refractivity contribution in [3.63, 3.8) is 0 Å². The van der Waals surface area contributed by atoms with Crippen LogP contribution in [0, 0.1) is 17.8 Å². The number of nitrogens with one attached hydrogen (secondary N) is 4. The third-order valence-electron chi connectivity index (χ3n) is 7.59. The molecule has 0 spiro atoms. The molecule has 3 rings (SSSR count). The highest BCUT2D eigenvalue weighted by Gasteiger charge is 2.35. The molecule has 278 valence electrons. The van der Waals surface area contributed by atoms with Gasteiger partial charge in [-0.1, -0.05) is 108 Å². The Labute approximate surface area is 301 Å². The van der Waals surface area contributed by atoms with E-state index in [9.17, 15) is 24.3 Å². The summed E-state index contributed by atoms with van der Waals surface area (Å²) in [5.74, 6) is -1.02. The zero-order valence-corrected chi connectivity index (χ0v) is 31.2. The van der Waals surface area contributed by atoms with Crippen LogP contribution in [0.3, 0.4) is 0 Å². The maximum absolute atomic E-state index is 13.4. The molecule has 0 bridgehead atoms. The fourth-order valence-electron chi connectivity index (χ4n) is 4.78. The number of carbonyl (C=O) groups excluding carboxylic acids is 4. The topological polar surface area (TPSA) is 171 Å². The van der Waals surface area contributed by atoms with Crippen molar-refractivity contribution in [2.24, 2.45) is 10.8 Å². The molecule has 13 heteroatoms. The van der Waals surface area contributed by atoms with E-state index in [0.717, 1.165) is 16.8 Å². The first-order valence-corrected chi connectivity index (χ1v) is 16.7. The Kier molecular flexibility index (Phi) is 16.5. The molecule has 5 N–H and O–H groups in total. The number of hydrogen-bond donors (Lipinski definition) is 5. The molecule has 0 saturated heterocycles. The number of aliphatic hydroxyl groups excluding tert-OH is 1. The van der Waals surface area contributed by atoms with Gasteiger partial charge in [0.2, 0.25) is 5.91 Å². The smallest absolute Gasteiger partial charge is 0.407 e. The van der Waals surface area contributed by atoms with Crippen LogP contribution in [0.1, 0.15) is 52.7 Å². The van der Waals surface area contributed by atoms with Crippen molar-refractivity contribution in [2.45, 2.75) is 73.2 Å². The number of alkyl carbamates (subject to hydrolysis) is 2. The predicted octanol–water partition coefficient (Wildman–Crippen LogP) is 4.60. The van der Waals surface area contributed by atoms with Crippen molar-refractivity contribution < 1.29 is 33.8 Å². The number of rotatable bonds is 12. The summed E-state index contributed by atoms with van der Waals surface area (Å²) in [5, 5.41) is 20.2. The Morgan fingerprint density at radius 2 is 1.29 bits per heavy atom. The summed E-state index contributed by atoms with van der Waals surface area (Å²) in [7, 11) is 2.42. The quantitative estimate of drug-likeness (QED) is 0.169. The van der Waals surface area contributed by atoms with E-state index in [-0.39, 0.29) is 19.6 Å². The van der Waals surface area contributed by atoms with Gasteiger partial charge in [-0.2, -0.15) is 0 Å². The third-order valence-corrected chi connectivity index (χ3v) is 7.59. The number of benzene rings is 2. The minimum absolute atomic E-state index is 0.0757. The average molecular weight is 707 g/mol. The largest absolute Gasteiger partial charge is 0.453 e. The first-order valence-electron chi connectivity index (χ1n) is 16.7. The number of methoxy groups -OCH3 is 2. The zero-order chi connectivity index (χ0) is 38.2. The van der Waals surface area contributed by atoms with Crippen LogP contribution in [-0.4, -0.2) is 84.6 Å². The second-order valence-corrected chi connectivity index (χ2v) is 14.2. The van der Waals surface area contributed by atoms with E-state index in [2.05, 4.69) is 50.2 Å². The van der Waals surface area contributed by atoms with E-state index in [1.54, 1.807) is 47.7 Å². The Morgan fingerprint density at radius 3 is 1.75 bits per heavy atom. The molecule has 4 amide bonds. The zero-order valence-electron chi connectivity index (χ0n) is 31.2. The van der Waals surface area contributed by atoms with Crippen molar-refractivity contribution in [2.75, 3.05) is 27.3 Å². The van der Waals surface area contributed by atoms with E-state index in [4.69, 9.17) is 4.74 Å².